The van der Waals surface area contributed by atoms with Crippen LogP contribution < -0.4 is 16.8 Å². The molecule has 1 amide bonds. The first-order valence-electron chi connectivity index (χ1n) is 4.70. The quantitative estimate of drug-likeness (QED) is 0.533. The smallest absolute Gasteiger partial charge is 0.235 e. The molecule has 0 heterocycles. The largest absolute Gasteiger partial charge is 0.368 e. The summed E-state index contributed by atoms with van der Waals surface area (Å²) < 4.78 is 0. The fourth-order valence-electron chi connectivity index (χ4n) is 0.803. The van der Waals surface area contributed by atoms with Crippen LogP contribution in [-0.4, -0.2) is 25.0 Å². The zero-order valence-corrected chi connectivity index (χ0v) is 8.71. The van der Waals surface area contributed by atoms with Crippen molar-refractivity contribution < 1.29 is 4.79 Å². The zero-order chi connectivity index (χ0) is 10.4. The van der Waals surface area contributed by atoms with E-state index in [1.807, 2.05) is 0 Å². The number of hydrogen-bond donors (Lipinski definition) is 3. The second-order valence-electron chi connectivity index (χ2n) is 3.89. The Morgan fingerprint density at radius 1 is 1.31 bits per heavy atom. The maximum Gasteiger partial charge on any atom is 0.235 e. The maximum atomic E-state index is 10.6. The van der Waals surface area contributed by atoms with Gasteiger partial charge in [0.05, 0.1) is 6.04 Å². The molecule has 78 valence electrons. The van der Waals surface area contributed by atoms with E-state index < -0.39 is 11.9 Å². The predicted octanol–water partition coefficient (Wildman–Crippen LogP) is -0.319. The first-order valence-corrected chi connectivity index (χ1v) is 4.70. The Labute approximate surface area is 80.0 Å². The van der Waals surface area contributed by atoms with Gasteiger partial charge in [-0.25, -0.2) is 0 Å². The van der Waals surface area contributed by atoms with Crippen LogP contribution in [-0.2, 0) is 4.79 Å². The van der Waals surface area contributed by atoms with E-state index in [0.29, 0.717) is 18.4 Å². The third kappa shape index (κ3) is 5.60. The molecule has 0 bridgehead atoms. The van der Waals surface area contributed by atoms with Gasteiger partial charge in [0.15, 0.2) is 0 Å². The molecule has 0 saturated heterocycles. The highest BCUT2D eigenvalue weighted by molar-refractivity contribution is 5.79. The van der Waals surface area contributed by atoms with E-state index in [9.17, 15) is 4.79 Å². The molecule has 0 rings (SSSR count). The average Bonchev–Trinajstić information content (AvgIpc) is 2.03. The molecule has 0 aromatic rings. The normalized spacial score (nSPS) is 15.8. The van der Waals surface area contributed by atoms with Gasteiger partial charge >= 0.3 is 0 Å². The third-order valence-corrected chi connectivity index (χ3v) is 2.33. The van der Waals surface area contributed by atoms with Gasteiger partial charge in [-0.15, -0.1) is 0 Å². The predicted molar refractivity (Wildman–Crippen MR) is 54.0 cm³/mol. The number of nitrogens with two attached hydrogens (primary N) is 2. The van der Waals surface area contributed by atoms with Crippen LogP contribution in [0.3, 0.4) is 0 Å². The maximum absolute atomic E-state index is 10.6. The van der Waals surface area contributed by atoms with E-state index in [2.05, 4.69) is 26.1 Å². The summed E-state index contributed by atoms with van der Waals surface area (Å²) in [5, 5.41) is 3.12. The summed E-state index contributed by atoms with van der Waals surface area (Å²) in [5.41, 5.74) is 10.5. The van der Waals surface area contributed by atoms with E-state index in [1.54, 1.807) is 0 Å². The molecule has 13 heavy (non-hydrogen) atoms. The lowest BCUT2D eigenvalue weighted by Crippen LogP contribution is -2.45. The van der Waals surface area contributed by atoms with Crippen molar-refractivity contribution in [3.8, 4) is 0 Å². The Balaban J connectivity index is 3.50. The molecule has 4 heteroatoms. The van der Waals surface area contributed by atoms with Gasteiger partial charge in [0.25, 0.3) is 0 Å². The SMILES string of the molecule is CC(C)C(C)CNCC(N)C(N)=O. The molecule has 2 unspecified atom stereocenters. The van der Waals surface area contributed by atoms with E-state index in [0.717, 1.165) is 6.54 Å². The van der Waals surface area contributed by atoms with Gasteiger partial charge in [-0.3, -0.25) is 4.79 Å². The standard InChI is InChI=1S/C9H21N3O/c1-6(2)7(3)4-12-5-8(10)9(11)13/h6-8,12H,4-5,10H2,1-3H3,(H2,11,13). The summed E-state index contributed by atoms with van der Waals surface area (Å²) >= 11 is 0. The van der Waals surface area contributed by atoms with Crippen molar-refractivity contribution in [2.24, 2.45) is 23.3 Å². The Morgan fingerprint density at radius 3 is 2.23 bits per heavy atom. The highest BCUT2D eigenvalue weighted by Crippen LogP contribution is 2.07. The minimum absolute atomic E-state index is 0.454. The average molecular weight is 187 g/mol. The summed E-state index contributed by atoms with van der Waals surface area (Å²) in [7, 11) is 0. The van der Waals surface area contributed by atoms with Crippen molar-refractivity contribution in [2.45, 2.75) is 26.8 Å². The first kappa shape index (κ1) is 12.4. The number of hydrogen-bond acceptors (Lipinski definition) is 3. The van der Waals surface area contributed by atoms with Crippen LogP contribution in [0.2, 0.25) is 0 Å². The van der Waals surface area contributed by atoms with Gasteiger partial charge < -0.3 is 16.8 Å². The third-order valence-electron chi connectivity index (χ3n) is 2.33. The van der Waals surface area contributed by atoms with Crippen LogP contribution >= 0.6 is 0 Å². The van der Waals surface area contributed by atoms with Gasteiger partial charge in [0.1, 0.15) is 0 Å². The van der Waals surface area contributed by atoms with Crippen molar-refractivity contribution >= 4 is 5.91 Å². The lowest BCUT2D eigenvalue weighted by molar-refractivity contribution is -0.119. The van der Waals surface area contributed by atoms with E-state index >= 15 is 0 Å². The van der Waals surface area contributed by atoms with Crippen molar-refractivity contribution in [3.63, 3.8) is 0 Å². The number of nitrogens with one attached hydrogen (secondary N) is 1. The topological polar surface area (TPSA) is 81.1 Å². The number of amides is 1. The molecule has 2 atom stereocenters. The monoisotopic (exact) mass is 187 g/mol. The van der Waals surface area contributed by atoms with Gasteiger partial charge in [-0.05, 0) is 18.4 Å². The molecule has 0 aromatic heterocycles. The summed E-state index contributed by atoms with van der Waals surface area (Å²) in [5.74, 6) is 0.766. The molecule has 0 radical (unpaired) electrons. The van der Waals surface area contributed by atoms with Crippen molar-refractivity contribution in [3.05, 3.63) is 0 Å². The molecule has 0 aliphatic heterocycles. The minimum Gasteiger partial charge on any atom is -0.368 e. The molecule has 0 saturated carbocycles. The fraction of sp³-hybridized carbons (Fsp3) is 0.889. The zero-order valence-electron chi connectivity index (χ0n) is 8.71. The summed E-state index contributed by atoms with van der Waals surface area (Å²) in [6.07, 6.45) is 0. The van der Waals surface area contributed by atoms with Crippen molar-refractivity contribution in [2.75, 3.05) is 13.1 Å². The minimum atomic E-state index is -0.570. The number of carbonyl (C=O) groups is 1. The lowest BCUT2D eigenvalue weighted by atomic mass is 9.98. The van der Waals surface area contributed by atoms with Crippen LogP contribution in [0.15, 0.2) is 0 Å². The van der Waals surface area contributed by atoms with Crippen molar-refractivity contribution in [1.29, 1.82) is 0 Å². The molecular formula is C9H21N3O. The molecular weight excluding hydrogens is 166 g/mol. The molecule has 0 spiro atoms. The van der Waals surface area contributed by atoms with Crippen LogP contribution in [0, 0.1) is 11.8 Å². The first-order chi connectivity index (χ1) is 5.95. The molecule has 0 aliphatic rings. The van der Waals surface area contributed by atoms with Gasteiger partial charge in [-0.2, -0.15) is 0 Å². The molecule has 0 fully saturated rings. The summed E-state index contributed by atoms with van der Waals surface area (Å²) in [4.78, 5) is 10.6. The second-order valence-corrected chi connectivity index (χ2v) is 3.89. The van der Waals surface area contributed by atoms with Crippen LogP contribution in [0.5, 0.6) is 0 Å². The summed E-state index contributed by atoms with van der Waals surface area (Å²) in [6.45, 7) is 7.83. The Bertz CT molecular complexity index is 159. The van der Waals surface area contributed by atoms with Crippen LogP contribution in [0.1, 0.15) is 20.8 Å². The Kier molecular flexibility index (Phi) is 5.66. The Hall–Kier alpha value is -0.610. The number of rotatable bonds is 6. The van der Waals surface area contributed by atoms with E-state index in [-0.39, 0.29) is 0 Å². The highest BCUT2D eigenvalue weighted by Gasteiger charge is 2.10. The van der Waals surface area contributed by atoms with Crippen molar-refractivity contribution in [1.82, 2.24) is 5.32 Å². The molecule has 5 N–H and O–H groups in total. The van der Waals surface area contributed by atoms with Crippen LogP contribution in [0.4, 0.5) is 0 Å². The number of carbonyl (C=O) groups excluding carboxylic acids is 1. The van der Waals surface area contributed by atoms with E-state index in [1.165, 1.54) is 0 Å². The van der Waals surface area contributed by atoms with E-state index in [4.69, 9.17) is 11.5 Å². The Morgan fingerprint density at radius 2 is 1.85 bits per heavy atom. The highest BCUT2D eigenvalue weighted by atomic mass is 16.1. The fourth-order valence-corrected chi connectivity index (χ4v) is 0.803. The number of primary amides is 1. The van der Waals surface area contributed by atoms with Crippen LogP contribution in [0.25, 0.3) is 0 Å². The van der Waals surface area contributed by atoms with Gasteiger partial charge in [0.2, 0.25) is 5.91 Å². The second kappa shape index (κ2) is 5.94. The van der Waals surface area contributed by atoms with Gasteiger partial charge in [-0.1, -0.05) is 20.8 Å². The molecule has 0 aliphatic carbocycles. The summed E-state index contributed by atoms with van der Waals surface area (Å²) in [6, 6.07) is -0.570. The molecule has 0 aromatic carbocycles. The molecule has 4 nitrogen and oxygen atoms in total. The lowest BCUT2D eigenvalue weighted by Gasteiger charge is -2.17. The van der Waals surface area contributed by atoms with Gasteiger partial charge in [0, 0.05) is 6.54 Å².